The average molecular weight is 332 g/mol. The molecule has 2 fully saturated rings. The number of likely N-dealkylation sites (tertiary alicyclic amines) is 1. The molecule has 0 radical (unpaired) electrons. The second-order valence-corrected chi connectivity index (χ2v) is 6.12. The van der Waals surface area contributed by atoms with Gasteiger partial charge in [0, 0.05) is 37.8 Å². The Kier molecular flexibility index (Phi) is 4.89. The van der Waals surface area contributed by atoms with Crippen LogP contribution in [0.2, 0.25) is 0 Å². The van der Waals surface area contributed by atoms with Crippen molar-refractivity contribution in [2.24, 2.45) is 0 Å². The van der Waals surface area contributed by atoms with Gasteiger partial charge in [0.15, 0.2) is 0 Å². The highest BCUT2D eigenvalue weighted by Gasteiger charge is 2.30. The summed E-state index contributed by atoms with van der Waals surface area (Å²) in [5.74, 6) is 0.605. The largest absolute Gasteiger partial charge is 0.495 e. The first-order chi connectivity index (χ1) is 11.7. The van der Waals surface area contributed by atoms with Crippen molar-refractivity contribution in [1.29, 1.82) is 0 Å². The Morgan fingerprint density at radius 2 is 2.25 bits per heavy atom. The molecule has 24 heavy (non-hydrogen) atoms. The number of urea groups is 1. The zero-order valence-corrected chi connectivity index (χ0v) is 14.2. The molecule has 7 heteroatoms. The fourth-order valence-electron chi connectivity index (χ4n) is 3.45. The maximum absolute atomic E-state index is 12.9. The zero-order chi connectivity index (χ0) is 17.1. The Hall–Kier alpha value is -2.28. The molecule has 0 spiro atoms. The fraction of sp³-hybridized carbons (Fsp3) is 0.529. The first kappa shape index (κ1) is 16.6. The number of likely N-dealkylation sites (N-methyl/N-ethyl adjacent to an activating group) is 1. The molecule has 2 saturated heterocycles. The lowest BCUT2D eigenvalue weighted by Gasteiger charge is -2.25. The van der Waals surface area contributed by atoms with Gasteiger partial charge in [0.25, 0.3) is 5.91 Å². The van der Waals surface area contributed by atoms with Crippen LogP contribution in [-0.2, 0) is 0 Å². The van der Waals surface area contributed by atoms with Crippen molar-refractivity contribution in [2.75, 3.05) is 45.2 Å². The van der Waals surface area contributed by atoms with Gasteiger partial charge in [-0.1, -0.05) is 0 Å². The van der Waals surface area contributed by atoms with E-state index >= 15 is 0 Å². The van der Waals surface area contributed by atoms with Crippen LogP contribution in [0.5, 0.6) is 5.75 Å². The third-order valence-corrected chi connectivity index (χ3v) is 4.65. The molecule has 0 aromatic heterocycles. The van der Waals surface area contributed by atoms with Gasteiger partial charge in [-0.05, 0) is 38.1 Å². The average Bonchev–Trinajstić information content (AvgIpc) is 3.23. The van der Waals surface area contributed by atoms with E-state index in [1.807, 2.05) is 11.9 Å². The number of hydrogen-bond donors (Lipinski definition) is 2. The van der Waals surface area contributed by atoms with Crippen molar-refractivity contribution in [3.63, 3.8) is 0 Å². The van der Waals surface area contributed by atoms with E-state index in [0.717, 1.165) is 25.9 Å². The number of carbonyl (C=O) groups is 2. The van der Waals surface area contributed by atoms with Crippen LogP contribution < -0.4 is 20.3 Å². The quantitative estimate of drug-likeness (QED) is 0.845. The van der Waals surface area contributed by atoms with Crippen molar-refractivity contribution in [3.05, 3.63) is 23.8 Å². The van der Waals surface area contributed by atoms with Crippen molar-refractivity contribution in [2.45, 2.75) is 18.9 Å². The molecule has 3 rings (SSSR count). The van der Waals surface area contributed by atoms with E-state index in [1.54, 1.807) is 30.2 Å². The van der Waals surface area contributed by atoms with Crippen LogP contribution in [0.4, 0.5) is 10.5 Å². The molecule has 1 atom stereocenters. The normalized spacial score (nSPS) is 20.4. The second kappa shape index (κ2) is 7.09. The molecule has 130 valence electrons. The van der Waals surface area contributed by atoms with Crippen molar-refractivity contribution < 1.29 is 14.3 Å². The Morgan fingerprint density at radius 3 is 2.92 bits per heavy atom. The van der Waals surface area contributed by atoms with Crippen LogP contribution in [0.1, 0.15) is 23.2 Å². The summed E-state index contributed by atoms with van der Waals surface area (Å²) in [6, 6.07) is 5.36. The summed E-state index contributed by atoms with van der Waals surface area (Å²) < 4.78 is 5.37. The van der Waals surface area contributed by atoms with Gasteiger partial charge in [-0.25, -0.2) is 4.79 Å². The van der Waals surface area contributed by atoms with Gasteiger partial charge in [0.05, 0.1) is 12.8 Å². The third-order valence-electron chi connectivity index (χ3n) is 4.65. The second-order valence-electron chi connectivity index (χ2n) is 6.12. The molecule has 2 aliphatic heterocycles. The summed E-state index contributed by atoms with van der Waals surface area (Å²) >= 11 is 0. The van der Waals surface area contributed by atoms with Gasteiger partial charge in [-0.2, -0.15) is 0 Å². The van der Waals surface area contributed by atoms with E-state index in [4.69, 9.17) is 4.74 Å². The molecule has 2 N–H and O–H groups in total. The van der Waals surface area contributed by atoms with Crippen LogP contribution in [-0.4, -0.2) is 63.2 Å². The van der Waals surface area contributed by atoms with Crippen LogP contribution in [0.3, 0.4) is 0 Å². The molecule has 2 aliphatic rings. The van der Waals surface area contributed by atoms with E-state index in [1.165, 1.54) is 0 Å². The summed E-state index contributed by atoms with van der Waals surface area (Å²) in [6.45, 7) is 2.73. The number of nitrogens with zero attached hydrogens (tertiary/aromatic N) is 2. The van der Waals surface area contributed by atoms with Crippen LogP contribution in [0.25, 0.3) is 0 Å². The predicted octanol–water partition coefficient (Wildman–Crippen LogP) is 1.05. The van der Waals surface area contributed by atoms with Gasteiger partial charge in [-0.15, -0.1) is 0 Å². The van der Waals surface area contributed by atoms with Crippen molar-refractivity contribution in [1.82, 2.24) is 15.5 Å². The molecular weight excluding hydrogens is 308 g/mol. The lowest BCUT2D eigenvalue weighted by molar-refractivity contribution is 0.0737. The monoisotopic (exact) mass is 332 g/mol. The highest BCUT2D eigenvalue weighted by molar-refractivity contribution is 6.00. The van der Waals surface area contributed by atoms with Crippen LogP contribution in [0.15, 0.2) is 18.2 Å². The van der Waals surface area contributed by atoms with Gasteiger partial charge in [0.1, 0.15) is 5.75 Å². The molecule has 0 unspecified atom stereocenters. The number of rotatable bonds is 5. The molecule has 1 aromatic rings. The fourth-order valence-corrected chi connectivity index (χ4v) is 3.45. The number of benzene rings is 1. The number of amides is 3. The summed E-state index contributed by atoms with van der Waals surface area (Å²) in [4.78, 5) is 28.4. The first-order valence-electron chi connectivity index (χ1n) is 8.34. The summed E-state index contributed by atoms with van der Waals surface area (Å²) in [5.41, 5.74) is 1.23. The minimum atomic E-state index is -0.160. The number of anilines is 1. The van der Waals surface area contributed by atoms with Crippen LogP contribution in [0, 0.1) is 0 Å². The van der Waals surface area contributed by atoms with E-state index < -0.39 is 0 Å². The minimum absolute atomic E-state index is 0.0104. The standard InChI is InChI=1S/C17H24N4O3/c1-18-11-13-4-3-8-20(13)16(22)12-5-6-15(24-2)14(10-12)21-9-7-19-17(21)23/h5-6,10,13,18H,3-4,7-9,11H2,1-2H3,(H,19,23)/t13-/m1/s1. The molecule has 0 saturated carbocycles. The SMILES string of the molecule is CNC[C@H]1CCCN1C(=O)c1ccc(OC)c(N2CCNC2=O)c1. The summed E-state index contributed by atoms with van der Waals surface area (Å²) in [6.07, 6.45) is 2.04. The molecule has 0 bridgehead atoms. The Labute approximate surface area is 141 Å². The number of hydrogen-bond acceptors (Lipinski definition) is 4. The highest BCUT2D eigenvalue weighted by atomic mass is 16.5. The third kappa shape index (κ3) is 3.03. The molecule has 3 amide bonds. The van der Waals surface area contributed by atoms with E-state index in [9.17, 15) is 9.59 Å². The lowest BCUT2D eigenvalue weighted by Crippen LogP contribution is -2.40. The molecule has 2 heterocycles. The molecule has 0 aliphatic carbocycles. The molecule has 1 aromatic carbocycles. The minimum Gasteiger partial charge on any atom is -0.495 e. The predicted molar refractivity (Wildman–Crippen MR) is 91.7 cm³/mol. The van der Waals surface area contributed by atoms with Gasteiger partial charge in [0.2, 0.25) is 0 Å². The maximum Gasteiger partial charge on any atom is 0.322 e. The van der Waals surface area contributed by atoms with Crippen molar-refractivity contribution >= 4 is 17.6 Å². The topological polar surface area (TPSA) is 73.9 Å². The Morgan fingerprint density at radius 1 is 1.42 bits per heavy atom. The van der Waals surface area contributed by atoms with Gasteiger partial charge >= 0.3 is 6.03 Å². The van der Waals surface area contributed by atoms with Gasteiger partial charge < -0.3 is 20.3 Å². The molecular formula is C17H24N4O3. The zero-order valence-electron chi connectivity index (χ0n) is 14.2. The first-order valence-corrected chi connectivity index (χ1v) is 8.34. The van der Waals surface area contributed by atoms with E-state index in [0.29, 0.717) is 30.1 Å². The number of carbonyl (C=O) groups excluding carboxylic acids is 2. The summed E-state index contributed by atoms with van der Waals surface area (Å²) in [7, 11) is 3.47. The Balaban J connectivity index is 1.88. The van der Waals surface area contributed by atoms with E-state index in [2.05, 4.69) is 10.6 Å². The summed E-state index contributed by atoms with van der Waals surface area (Å²) in [5, 5.41) is 5.93. The molecule has 7 nitrogen and oxygen atoms in total. The Bertz CT molecular complexity index is 634. The highest BCUT2D eigenvalue weighted by Crippen LogP contribution is 2.31. The lowest BCUT2D eigenvalue weighted by atomic mass is 10.1. The van der Waals surface area contributed by atoms with Crippen LogP contribution >= 0.6 is 0 Å². The smallest absolute Gasteiger partial charge is 0.322 e. The number of ether oxygens (including phenoxy) is 1. The number of nitrogens with one attached hydrogen (secondary N) is 2. The van der Waals surface area contributed by atoms with Crippen molar-refractivity contribution in [3.8, 4) is 5.75 Å². The number of methoxy groups -OCH3 is 1. The maximum atomic E-state index is 12.9. The van der Waals surface area contributed by atoms with Gasteiger partial charge in [-0.3, -0.25) is 9.69 Å². The van der Waals surface area contributed by atoms with E-state index in [-0.39, 0.29) is 18.0 Å².